The van der Waals surface area contributed by atoms with E-state index in [-0.39, 0.29) is 17.7 Å². The fraction of sp³-hybridized carbons (Fsp3) is 0.556. The van der Waals surface area contributed by atoms with Crippen LogP contribution in [0, 0.1) is 5.92 Å². The van der Waals surface area contributed by atoms with Crippen molar-refractivity contribution in [1.82, 2.24) is 4.90 Å². The maximum absolute atomic E-state index is 13.0. The number of nitrogens with zero attached hydrogens (tertiary/aromatic N) is 1. The molecule has 1 saturated carbocycles. The molecule has 3 rings (SSSR count). The van der Waals surface area contributed by atoms with Crippen molar-refractivity contribution < 1.29 is 14.7 Å². The van der Waals surface area contributed by atoms with Crippen LogP contribution in [0.15, 0.2) is 30.3 Å². The highest BCUT2D eigenvalue weighted by Gasteiger charge is 2.53. The van der Waals surface area contributed by atoms with Crippen molar-refractivity contribution >= 4 is 11.9 Å². The molecule has 22 heavy (non-hydrogen) atoms. The summed E-state index contributed by atoms with van der Waals surface area (Å²) in [5, 5.41) is 8.83. The van der Waals surface area contributed by atoms with E-state index in [2.05, 4.69) is 12.1 Å². The minimum Gasteiger partial charge on any atom is -0.481 e. The molecule has 0 bridgehead atoms. The minimum atomic E-state index is -0.744. The summed E-state index contributed by atoms with van der Waals surface area (Å²) < 4.78 is 0. The van der Waals surface area contributed by atoms with Crippen molar-refractivity contribution in [1.29, 1.82) is 0 Å². The molecule has 0 aromatic heterocycles. The molecule has 1 atom stereocenters. The zero-order valence-electron chi connectivity index (χ0n) is 12.8. The second kappa shape index (κ2) is 6.11. The number of carboxylic acids is 1. The Labute approximate surface area is 131 Å². The van der Waals surface area contributed by atoms with Crippen molar-refractivity contribution in [2.24, 2.45) is 5.92 Å². The summed E-state index contributed by atoms with van der Waals surface area (Å²) in [6.45, 7) is 1.54. The highest BCUT2D eigenvalue weighted by atomic mass is 16.4. The van der Waals surface area contributed by atoms with E-state index in [0.717, 1.165) is 44.3 Å². The summed E-state index contributed by atoms with van der Waals surface area (Å²) in [6, 6.07) is 10.1. The predicted octanol–water partition coefficient (Wildman–Crippen LogP) is 2.82. The molecule has 1 aliphatic carbocycles. The van der Waals surface area contributed by atoms with Crippen molar-refractivity contribution in [2.75, 3.05) is 13.1 Å². The van der Waals surface area contributed by atoms with Gasteiger partial charge in [0.25, 0.3) is 0 Å². The molecule has 2 aliphatic rings. The molecular weight excluding hydrogens is 278 g/mol. The number of rotatable bonds is 5. The van der Waals surface area contributed by atoms with E-state index in [1.807, 2.05) is 23.1 Å². The van der Waals surface area contributed by atoms with Crippen LogP contribution in [0.4, 0.5) is 0 Å². The third-order valence-electron chi connectivity index (χ3n) is 5.06. The lowest BCUT2D eigenvalue weighted by Crippen LogP contribution is -2.45. The van der Waals surface area contributed by atoms with Gasteiger partial charge in [-0.05, 0) is 43.6 Å². The van der Waals surface area contributed by atoms with Crippen LogP contribution in [0.2, 0.25) is 0 Å². The van der Waals surface area contributed by atoms with Gasteiger partial charge in [-0.25, -0.2) is 0 Å². The van der Waals surface area contributed by atoms with Gasteiger partial charge in [0.2, 0.25) is 5.91 Å². The second-order valence-electron chi connectivity index (χ2n) is 6.64. The Morgan fingerprint density at radius 3 is 2.59 bits per heavy atom. The average molecular weight is 301 g/mol. The summed E-state index contributed by atoms with van der Waals surface area (Å²) in [5.74, 6) is -0.162. The maximum Gasteiger partial charge on any atom is 0.303 e. The number of carbonyl (C=O) groups is 2. The molecule has 1 amide bonds. The fourth-order valence-electron chi connectivity index (χ4n) is 3.62. The molecule has 1 saturated heterocycles. The number of amides is 1. The first kappa shape index (κ1) is 15.1. The van der Waals surface area contributed by atoms with Gasteiger partial charge in [0, 0.05) is 19.5 Å². The third kappa shape index (κ3) is 3.01. The van der Waals surface area contributed by atoms with Crippen LogP contribution < -0.4 is 0 Å². The van der Waals surface area contributed by atoms with E-state index in [0.29, 0.717) is 12.3 Å². The lowest BCUT2D eigenvalue weighted by Gasteiger charge is -2.35. The Morgan fingerprint density at radius 1 is 1.23 bits per heavy atom. The first-order valence-electron chi connectivity index (χ1n) is 8.18. The zero-order chi connectivity index (χ0) is 15.6. The number of likely N-dealkylation sites (tertiary alicyclic amines) is 1. The van der Waals surface area contributed by atoms with Gasteiger partial charge in [-0.3, -0.25) is 9.59 Å². The quantitative estimate of drug-likeness (QED) is 0.910. The Morgan fingerprint density at radius 2 is 1.95 bits per heavy atom. The van der Waals surface area contributed by atoms with Gasteiger partial charge >= 0.3 is 5.97 Å². The smallest absolute Gasteiger partial charge is 0.303 e. The molecule has 0 radical (unpaired) electrons. The molecule has 1 heterocycles. The van der Waals surface area contributed by atoms with E-state index in [9.17, 15) is 9.59 Å². The SMILES string of the molecule is O=C(O)CC[C@@H]1CCCN(C(=O)C2(c3ccccc3)CC2)C1. The van der Waals surface area contributed by atoms with Crippen LogP contribution in [0.5, 0.6) is 0 Å². The summed E-state index contributed by atoms with van der Waals surface area (Å²) in [5.41, 5.74) is 0.836. The summed E-state index contributed by atoms with van der Waals surface area (Å²) >= 11 is 0. The van der Waals surface area contributed by atoms with E-state index in [1.54, 1.807) is 0 Å². The number of hydrogen-bond acceptors (Lipinski definition) is 2. The van der Waals surface area contributed by atoms with Crippen LogP contribution in [-0.2, 0) is 15.0 Å². The molecule has 1 aromatic carbocycles. The monoisotopic (exact) mass is 301 g/mol. The molecular formula is C18H23NO3. The Bertz CT molecular complexity index is 551. The van der Waals surface area contributed by atoms with Crippen LogP contribution in [0.1, 0.15) is 44.1 Å². The molecule has 118 valence electrons. The van der Waals surface area contributed by atoms with Gasteiger partial charge in [0.05, 0.1) is 5.41 Å². The molecule has 1 N–H and O–H groups in total. The maximum atomic E-state index is 13.0. The fourth-order valence-corrected chi connectivity index (χ4v) is 3.62. The highest BCUT2D eigenvalue weighted by Crippen LogP contribution is 2.50. The number of carbonyl (C=O) groups excluding carboxylic acids is 1. The Balaban J connectivity index is 1.66. The first-order chi connectivity index (χ1) is 10.6. The minimum absolute atomic E-state index is 0.205. The molecule has 1 aliphatic heterocycles. The molecule has 4 nitrogen and oxygen atoms in total. The van der Waals surface area contributed by atoms with Crippen LogP contribution in [0.3, 0.4) is 0 Å². The molecule has 0 spiro atoms. The number of piperidine rings is 1. The predicted molar refractivity (Wildman–Crippen MR) is 83.5 cm³/mol. The van der Waals surface area contributed by atoms with Crippen molar-refractivity contribution in [2.45, 2.75) is 43.9 Å². The Kier molecular flexibility index (Phi) is 4.19. The van der Waals surface area contributed by atoms with Gasteiger partial charge in [0.1, 0.15) is 0 Å². The number of aliphatic carboxylic acids is 1. The first-order valence-corrected chi connectivity index (χ1v) is 8.18. The summed E-state index contributed by atoms with van der Waals surface area (Å²) in [6.07, 6.45) is 4.78. The van der Waals surface area contributed by atoms with Crippen molar-refractivity contribution in [3.63, 3.8) is 0 Å². The van der Waals surface area contributed by atoms with Crippen molar-refractivity contribution in [3.8, 4) is 0 Å². The lowest BCUT2D eigenvalue weighted by atomic mass is 9.90. The molecule has 2 fully saturated rings. The molecule has 0 unspecified atom stereocenters. The van der Waals surface area contributed by atoms with Crippen LogP contribution in [-0.4, -0.2) is 35.0 Å². The van der Waals surface area contributed by atoms with E-state index >= 15 is 0 Å². The second-order valence-corrected chi connectivity index (χ2v) is 6.64. The topological polar surface area (TPSA) is 57.6 Å². The lowest BCUT2D eigenvalue weighted by molar-refractivity contribution is -0.137. The van der Waals surface area contributed by atoms with Crippen molar-refractivity contribution in [3.05, 3.63) is 35.9 Å². The van der Waals surface area contributed by atoms with Gasteiger partial charge in [0.15, 0.2) is 0 Å². The van der Waals surface area contributed by atoms with Gasteiger partial charge < -0.3 is 10.0 Å². The number of hydrogen-bond donors (Lipinski definition) is 1. The number of benzene rings is 1. The molecule has 4 heteroatoms. The normalized spacial score (nSPS) is 23.1. The average Bonchev–Trinajstić information content (AvgIpc) is 3.35. The third-order valence-corrected chi connectivity index (χ3v) is 5.06. The van der Waals surface area contributed by atoms with Gasteiger partial charge in [-0.1, -0.05) is 30.3 Å². The zero-order valence-corrected chi connectivity index (χ0v) is 12.8. The number of carboxylic acid groups (broad SMARTS) is 1. The summed E-state index contributed by atoms with van der Waals surface area (Å²) in [4.78, 5) is 25.7. The summed E-state index contributed by atoms with van der Waals surface area (Å²) in [7, 11) is 0. The van der Waals surface area contributed by atoms with E-state index < -0.39 is 5.97 Å². The van der Waals surface area contributed by atoms with Gasteiger partial charge in [-0.15, -0.1) is 0 Å². The van der Waals surface area contributed by atoms with Crippen LogP contribution in [0.25, 0.3) is 0 Å². The van der Waals surface area contributed by atoms with Crippen LogP contribution >= 0.6 is 0 Å². The Hall–Kier alpha value is -1.84. The van der Waals surface area contributed by atoms with E-state index in [4.69, 9.17) is 5.11 Å². The standard InChI is InChI=1S/C18H23NO3/c20-16(21)9-8-14-5-4-12-19(13-14)17(22)18(10-11-18)15-6-2-1-3-7-15/h1-3,6-7,14H,4-5,8-13H2,(H,20,21)/t14-/m0/s1. The largest absolute Gasteiger partial charge is 0.481 e. The van der Waals surface area contributed by atoms with Gasteiger partial charge in [-0.2, -0.15) is 0 Å². The molecule has 1 aromatic rings. The highest BCUT2D eigenvalue weighted by molar-refractivity contribution is 5.91. The van der Waals surface area contributed by atoms with E-state index in [1.165, 1.54) is 0 Å².